The molecule has 0 saturated carbocycles. The molecule has 6 heteroatoms. The van der Waals surface area contributed by atoms with E-state index in [4.69, 9.17) is 0 Å². The number of rotatable bonds is 4. The molecule has 2 aromatic carbocycles. The molecule has 2 amide bonds. The number of nitrogens with zero attached hydrogens (tertiary/aromatic N) is 1. The first-order valence-corrected chi connectivity index (χ1v) is 10.1. The first-order chi connectivity index (χ1) is 14.5. The van der Waals surface area contributed by atoms with Gasteiger partial charge in [0.2, 0.25) is 0 Å². The predicted octanol–water partition coefficient (Wildman–Crippen LogP) is 3.51. The summed E-state index contributed by atoms with van der Waals surface area (Å²) in [6.45, 7) is 4.11. The van der Waals surface area contributed by atoms with E-state index in [1.165, 1.54) is 29.8 Å². The number of aromatic hydroxyl groups is 1. The molecule has 2 atom stereocenters. The Balaban J connectivity index is 1.54. The number of phenolic OH excluding ortho intramolecular Hbond substituents is 1. The molecule has 1 heterocycles. The third kappa shape index (κ3) is 3.68. The summed E-state index contributed by atoms with van der Waals surface area (Å²) in [5, 5.41) is 9.34. The van der Waals surface area contributed by atoms with Gasteiger partial charge in [-0.25, -0.2) is 0 Å². The van der Waals surface area contributed by atoms with Gasteiger partial charge in [-0.2, -0.15) is 0 Å². The van der Waals surface area contributed by atoms with Gasteiger partial charge in [0.25, 0.3) is 11.8 Å². The smallest absolute Gasteiger partial charge is 0.269 e. The molecule has 0 bridgehead atoms. The number of amides is 2. The van der Waals surface area contributed by atoms with Crippen molar-refractivity contribution in [3.05, 3.63) is 83.1 Å². The summed E-state index contributed by atoms with van der Waals surface area (Å²) in [6, 6.07) is 12.1. The lowest BCUT2D eigenvalue weighted by atomic mass is 9.88. The van der Waals surface area contributed by atoms with Gasteiger partial charge in [0.05, 0.1) is 0 Å². The van der Waals surface area contributed by atoms with Crippen molar-refractivity contribution in [1.82, 2.24) is 10.9 Å². The zero-order chi connectivity index (χ0) is 21.3. The lowest BCUT2D eigenvalue weighted by Crippen LogP contribution is -2.36. The molecule has 154 valence electrons. The van der Waals surface area contributed by atoms with E-state index in [9.17, 15) is 14.7 Å². The summed E-state index contributed by atoms with van der Waals surface area (Å²) in [6.07, 6.45) is 7.63. The number of anilines is 1. The van der Waals surface area contributed by atoms with Gasteiger partial charge in [-0.3, -0.25) is 15.0 Å². The van der Waals surface area contributed by atoms with Gasteiger partial charge in [-0.1, -0.05) is 18.2 Å². The van der Waals surface area contributed by atoms with Gasteiger partial charge in [-0.15, -0.1) is 0 Å². The lowest BCUT2D eigenvalue weighted by Gasteiger charge is -2.29. The SMILES string of the molecule is Cc1ccc(N2C(=O)/C(=C\NNC(=O)c3ccc(O)cc3)C3C=CCCC32)cc1C. The highest BCUT2D eigenvalue weighted by molar-refractivity contribution is 6.10. The largest absolute Gasteiger partial charge is 0.508 e. The monoisotopic (exact) mass is 403 g/mol. The van der Waals surface area contributed by atoms with E-state index in [1.807, 2.05) is 17.0 Å². The Bertz CT molecular complexity index is 1040. The lowest BCUT2D eigenvalue weighted by molar-refractivity contribution is -0.114. The Kier molecular flexibility index (Phi) is 5.31. The first-order valence-electron chi connectivity index (χ1n) is 10.1. The van der Waals surface area contributed by atoms with E-state index in [-0.39, 0.29) is 29.5 Å². The highest BCUT2D eigenvalue weighted by Gasteiger charge is 2.44. The van der Waals surface area contributed by atoms with E-state index in [0.29, 0.717) is 11.1 Å². The molecule has 1 saturated heterocycles. The summed E-state index contributed by atoms with van der Waals surface area (Å²) in [5.74, 6) is -0.323. The van der Waals surface area contributed by atoms with Crippen molar-refractivity contribution >= 4 is 17.5 Å². The number of phenols is 1. The molecule has 2 unspecified atom stereocenters. The Morgan fingerprint density at radius 2 is 1.90 bits per heavy atom. The molecule has 30 heavy (non-hydrogen) atoms. The molecule has 3 N–H and O–H groups in total. The van der Waals surface area contributed by atoms with Crippen molar-refractivity contribution in [2.24, 2.45) is 5.92 Å². The number of hydrogen-bond donors (Lipinski definition) is 3. The number of carbonyl (C=O) groups is 2. The third-order valence-corrected chi connectivity index (χ3v) is 5.86. The zero-order valence-electron chi connectivity index (χ0n) is 17.1. The maximum absolute atomic E-state index is 13.3. The first kappa shape index (κ1) is 19.8. The van der Waals surface area contributed by atoms with Crippen molar-refractivity contribution in [3.8, 4) is 5.75 Å². The average molecular weight is 403 g/mol. The molecule has 2 aliphatic rings. The summed E-state index contributed by atoms with van der Waals surface area (Å²) in [5.41, 5.74) is 9.67. The van der Waals surface area contributed by atoms with Crippen molar-refractivity contribution in [1.29, 1.82) is 0 Å². The van der Waals surface area contributed by atoms with Crippen LogP contribution in [0.2, 0.25) is 0 Å². The molecular formula is C24H25N3O3. The average Bonchev–Trinajstić information content (AvgIpc) is 3.02. The van der Waals surface area contributed by atoms with Crippen LogP contribution in [-0.2, 0) is 4.79 Å². The molecule has 0 spiro atoms. The van der Waals surface area contributed by atoms with Gasteiger partial charge in [0.15, 0.2) is 0 Å². The van der Waals surface area contributed by atoms with Crippen LogP contribution in [0.4, 0.5) is 5.69 Å². The normalized spacial score (nSPS) is 21.6. The Hall–Kier alpha value is -3.54. The van der Waals surface area contributed by atoms with Gasteiger partial charge in [-0.05, 0) is 74.2 Å². The van der Waals surface area contributed by atoms with Crippen LogP contribution in [0.25, 0.3) is 0 Å². The Morgan fingerprint density at radius 1 is 1.13 bits per heavy atom. The minimum Gasteiger partial charge on any atom is -0.508 e. The molecular weight excluding hydrogens is 378 g/mol. The molecule has 1 fully saturated rings. The van der Waals surface area contributed by atoms with Crippen molar-refractivity contribution in [3.63, 3.8) is 0 Å². The fourth-order valence-electron chi connectivity index (χ4n) is 4.06. The number of hydrazine groups is 1. The van der Waals surface area contributed by atoms with Crippen LogP contribution >= 0.6 is 0 Å². The van der Waals surface area contributed by atoms with Crippen molar-refractivity contribution < 1.29 is 14.7 Å². The topological polar surface area (TPSA) is 81.7 Å². The number of nitrogens with one attached hydrogen (secondary N) is 2. The number of carbonyl (C=O) groups excluding carboxylic acids is 2. The van der Waals surface area contributed by atoms with Gasteiger partial charge in [0, 0.05) is 35.0 Å². The van der Waals surface area contributed by atoms with Crippen LogP contribution in [-0.4, -0.2) is 23.0 Å². The second-order valence-electron chi connectivity index (χ2n) is 7.79. The summed E-state index contributed by atoms with van der Waals surface area (Å²) in [4.78, 5) is 27.4. The van der Waals surface area contributed by atoms with Gasteiger partial charge >= 0.3 is 0 Å². The van der Waals surface area contributed by atoms with Crippen LogP contribution in [0.1, 0.15) is 34.3 Å². The van der Waals surface area contributed by atoms with E-state index in [2.05, 4.69) is 42.9 Å². The predicted molar refractivity (Wildman–Crippen MR) is 116 cm³/mol. The molecule has 2 aromatic rings. The zero-order valence-corrected chi connectivity index (χ0v) is 17.1. The quantitative estimate of drug-likeness (QED) is 0.415. The van der Waals surface area contributed by atoms with Crippen molar-refractivity contribution in [2.75, 3.05) is 4.90 Å². The minimum atomic E-state index is -0.348. The van der Waals surface area contributed by atoms with Crippen LogP contribution in [0.15, 0.2) is 66.4 Å². The van der Waals surface area contributed by atoms with Gasteiger partial charge in [0.1, 0.15) is 5.75 Å². The molecule has 0 aromatic heterocycles. The number of allylic oxidation sites excluding steroid dienone is 1. The number of aryl methyl sites for hydroxylation is 2. The molecule has 0 radical (unpaired) electrons. The van der Waals surface area contributed by atoms with Crippen LogP contribution in [0, 0.1) is 19.8 Å². The fourth-order valence-corrected chi connectivity index (χ4v) is 4.06. The minimum absolute atomic E-state index is 0.0223. The van der Waals surface area contributed by atoms with Crippen LogP contribution in [0.5, 0.6) is 5.75 Å². The Labute approximate surface area is 175 Å². The standard InChI is InChI=1S/C24H25N3O3/c1-15-7-10-18(13-16(15)2)27-22-6-4-3-5-20(22)21(24(27)30)14-25-26-23(29)17-8-11-19(28)12-9-17/h3,5,7-14,20,22,25,28H,4,6H2,1-2H3,(H,26,29)/b21-14-. The maximum atomic E-state index is 13.3. The molecule has 1 aliphatic heterocycles. The van der Waals surface area contributed by atoms with Crippen molar-refractivity contribution in [2.45, 2.75) is 32.7 Å². The van der Waals surface area contributed by atoms with Crippen LogP contribution < -0.4 is 15.8 Å². The highest BCUT2D eigenvalue weighted by Crippen LogP contribution is 2.40. The maximum Gasteiger partial charge on any atom is 0.269 e. The van der Waals surface area contributed by atoms with Crippen LogP contribution in [0.3, 0.4) is 0 Å². The summed E-state index contributed by atoms with van der Waals surface area (Å²) < 4.78 is 0. The summed E-state index contributed by atoms with van der Waals surface area (Å²) >= 11 is 0. The number of benzene rings is 2. The molecule has 6 nitrogen and oxygen atoms in total. The second-order valence-corrected chi connectivity index (χ2v) is 7.79. The van der Waals surface area contributed by atoms with E-state index in [1.54, 1.807) is 6.20 Å². The third-order valence-electron chi connectivity index (χ3n) is 5.86. The number of hydrogen-bond acceptors (Lipinski definition) is 4. The molecule has 4 rings (SSSR count). The van der Waals surface area contributed by atoms with E-state index < -0.39 is 0 Å². The Morgan fingerprint density at radius 3 is 2.63 bits per heavy atom. The fraction of sp³-hybridized carbons (Fsp3) is 0.250. The molecule has 1 aliphatic carbocycles. The van der Waals surface area contributed by atoms with Gasteiger partial charge < -0.3 is 15.4 Å². The highest BCUT2D eigenvalue weighted by atomic mass is 16.3. The van der Waals surface area contributed by atoms with E-state index >= 15 is 0 Å². The second kappa shape index (κ2) is 8.06. The van der Waals surface area contributed by atoms with E-state index in [0.717, 1.165) is 24.1 Å². The number of fused-ring (bicyclic) bond motifs is 1. The summed E-state index contributed by atoms with van der Waals surface area (Å²) in [7, 11) is 0.